The monoisotopic (exact) mass is 409 g/mol. The summed E-state index contributed by atoms with van der Waals surface area (Å²) in [7, 11) is -3.57. The van der Waals surface area contributed by atoms with Crippen LogP contribution < -0.4 is 4.90 Å². The number of sulfone groups is 1. The number of hydrogen-bond donors (Lipinski definition) is 0. The third-order valence-electron chi connectivity index (χ3n) is 4.66. The minimum atomic E-state index is -3.57. The van der Waals surface area contributed by atoms with E-state index in [9.17, 15) is 17.6 Å². The van der Waals surface area contributed by atoms with Crippen molar-refractivity contribution in [3.8, 4) is 0 Å². The zero-order chi connectivity index (χ0) is 19.4. The van der Waals surface area contributed by atoms with Crippen molar-refractivity contribution in [3.05, 3.63) is 64.4 Å². The standard InChI is InChI=1S/C20H21ClFNO3S/c21-17-10-11-18(22)20-16(17)9-4-12-23(20)19(24)14-27(25,26)13-5-8-15-6-2-1-3-7-15/h1-3,6-7,10-11H,4-5,8-9,12-14H2. The summed E-state index contributed by atoms with van der Waals surface area (Å²) < 4.78 is 39.0. The number of carbonyl (C=O) groups is 1. The van der Waals surface area contributed by atoms with E-state index in [2.05, 4.69) is 0 Å². The van der Waals surface area contributed by atoms with Crippen molar-refractivity contribution in [2.45, 2.75) is 25.7 Å². The van der Waals surface area contributed by atoms with Crippen LogP contribution in [0.1, 0.15) is 24.0 Å². The van der Waals surface area contributed by atoms with Crippen molar-refractivity contribution in [1.29, 1.82) is 0 Å². The van der Waals surface area contributed by atoms with Crippen molar-refractivity contribution >= 4 is 33.0 Å². The van der Waals surface area contributed by atoms with Crippen LogP contribution >= 0.6 is 11.6 Å². The molecule has 0 atom stereocenters. The Morgan fingerprint density at radius 1 is 1.15 bits per heavy atom. The smallest absolute Gasteiger partial charge is 0.242 e. The van der Waals surface area contributed by atoms with Crippen LogP contribution in [0.5, 0.6) is 0 Å². The van der Waals surface area contributed by atoms with Gasteiger partial charge in [-0.15, -0.1) is 0 Å². The van der Waals surface area contributed by atoms with Crippen molar-refractivity contribution in [1.82, 2.24) is 0 Å². The number of benzene rings is 2. The van der Waals surface area contributed by atoms with Crippen LogP contribution in [0.2, 0.25) is 5.02 Å². The molecule has 0 N–H and O–H groups in total. The van der Waals surface area contributed by atoms with Gasteiger partial charge in [0.05, 0.1) is 11.4 Å². The van der Waals surface area contributed by atoms with Gasteiger partial charge in [0.25, 0.3) is 0 Å². The van der Waals surface area contributed by atoms with Crippen LogP contribution in [-0.4, -0.2) is 32.4 Å². The molecular weight excluding hydrogens is 389 g/mol. The van der Waals surface area contributed by atoms with Crippen LogP contribution in [0.3, 0.4) is 0 Å². The third kappa shape index (κ3) is 4.87. The molecule has 0 aliphatic carbocycles. The Morgan fingerprint density at radius 2 is 1.89 bits per heavy atom. The first-order valence-electron chi connectivity index (χ1n) is 8.89. The van der Waals surface area contributed by atoms with Gasteiger partial charge in [-0.2, -0.15) is 0 Å². The van der Waals surface area contributed by atoms with Crippen LogP contribution in [0.15, 0.2) is 42.5 Å². The minimum Gasteiger partial charge on any atom is -0.309 e. The Labute approximate surface area is 163 Å². The van der Waals surface area contributed by atoms with E-state index in [4.69, 9.17) is 11.6 Å². The first-order chi connectivity index (χ1) is 12.9. The summed E-state index contributed by atoms with van der Waals surface area (Å²) in [4.78, 5) is 13.8. The molecule has 2 aromatic carbocycles. The van der Waals surface area contributed by atoms with Gasteiger partial charge in [0.1, 0.15) is 11.6 Å². The highest BCUT2D eigenvalue weighted by Crippen LogP contribution is 2.35. The molecule has 144 valence electrons. The maximum absolute atomic E-state index is 14.3. The molecule has 0 bridgehead atoms. The fourth-order valence-electron chi connectivity index (χ4n) is 3.37. The molecule has 27 heavy (non-hydrogen) atoms. The van der Waals surface area contributed by atoms with Gasteiger partial charge in [-0.25, -0.2) is 12.8 Å². The van der Waals surface area contributed by atoms with E-state index in [1.165, 1.54) is 17.0 Å². The molecule has 1 aliphatic rings. The van der Waals surface area contributed by atoms with Gasteiger partial charge in [0.2, 0.25) is 5.91 Å². The van der Waals surface area contributed by atoms with E-state index in [0.29, 0.717) is 42.8 Å². The number of anilines is 1. The number of aryl methyl sites for hydroxylation is 1. The molecule has 0 saturated heterocycles. The zero-order valence-electron chi connectivity index (χ0n) is 14.8. The molecule has 3 rings (SSSR count). The molecule has 1 amide bonds. The van der Waals surface area contributed by atoms with Crippen LogP contribution in [0.25, 0.3) is 0 Å². The number of halogens is 2. The summed E-state index contributed by atoms with van der Waals surface area (Å²) in [6.07, 6.45) is 2.26. The average Bonchev–Trinajstić information content (AvgIpc) is 2.64. The lowest BCUT2D eigenvalue weighted by molar-refractivity contribution is -0.116. The second-order valence-corrected chi connectivity index (χ2v) is 9.28. The van der Waals surface area contributed by atoms with Crippen molar-refractivity contribution < 1.29 is 17.6 Å². The van der Waals surface area contributed by atoms with Gasteiger partial charge in [-0.3, -0.25) is 4.79 Å². The number of hydrogen-bond acceptors (Lipinski definition) is 3. The fourth-order valence-corrected chi connectivity index (χ4v) is 4.87. The molecule has 0 spiro atoms. The summed E-state index contributed by atoms with van der Waals surface area (Å²) in [5.74, 6) is -1.85. The second-order valence-electron chi connectivity index (χ2n) is 6.69. The minimum absolute atomic E-state index is 0.0770. The Hall–Kier alpha value is -1.92. The highest BCUT2D eigenvalue weighted by atomic mass is 35.5. The lowest BCUT2D eigenvalue weighted by atomic mass is 10.0. The molecule has 0 unspecified atom stereocenters. The van der Waals surface area contributed by atoms with Crippen molar-refractivity contribution in [3.63, 3.8) is 0 Å². The topological polar surface area (TPSA) is 54.5 Å². The second kappa shape index (κ2) is 8.40. The molecule has 0 saturated carbocycles. The Morgan fingerprint density at radius 3 is 2.63 bits per heavy atom. The molecule has 7 heteroatoms. The van der Waals surface area contributed by atoms with E-state index in [1.54, 1.807) is 0 Å². The van der Waals surface area contributed by atoms with Crippen LogP contribution in [-0.2, 0) is 27.5 Å². The SMILES string of the molecule is O=C(CS(=O)(=O)CCCc1ccccc1)N1CCCc2c(Cl)ccc(F)c21. The molecule has 0 fully saturated rings. The number of rotatable bonds is 6. The summed E-state index contributed by atoms with van der Waals surface area (Å²) >= 11 is 6.12. The third-order valence-corrected chi connectivity index (χ3v) is 6.61. The highest BCUT2D eigenvalue weighted by molar-refractivity contribution is 7.92. The molecule has 1 heterocycles. The summed E-state index contributed by atoms with van der Waals surface area (Å²) in [6, 6.07) is 12.3. The first kappa shape index (κ1) is 19.8. The molecule has 4 nitrogen and oxygen atoms in total. The molecule has 1 aliphatic heterocycles. The lowest BCUT2D eigenvalue weighted by Gasteiger charge is -2.30. The number of carbonyl (C=O) groups excluding carboxylic acids is 1. The number of amides is 1. The largest absolute Gasteiger partial charge is 0.309 e. The fraction of sp³-hybridized carbons (Fsp3) is 0.350. The molecule has 2 aromatic rings. The number of fused-ring (bicyclic) bond motifs is 1. The van der Waals surface area contributed by atoms with Gasteiger partial charge in [-0.05, 0) is 48.9 Å². The molecule has 0 radical (unpaired) electrons. The van der Waals surface area contributed by atoms with Gasteiger partial charge in [-0.1, -0.05) is 41.9 Å². The van der Waals surface area contributed by atoms with E-state index in [-0.39, 0.29) is 11.4 Å². The van der Waals surface area contributed by atoms with E-state index >= 15 is 0 Å². The summed E-state index contributed by atoms with van der Waals surface area (Å²) in [5, 5.41) is 0.398. The Kier molecular flexibility index (Phi) is 6.17. The zero-order valence-corrected chi connectivity index (χ0v) is 16.4. The first-order valence-corrected chi connectivity index (χ1v) is 11.1. The number of nitrogens with zero attached hydrogens (tertiary/aromatic N) is 1. The van der Waals surface area contributed by atoms with Crippen molar-refractivity contribution in [2.24, 2.45) is 0 Å². The Bertz CT molecular complexity index is 932. The van der Waals surface area contributed by atoms with E-state index < -0.39 is 27.3 Å². The maximum atomic E-state index is 14.3. The Balaban J connectivity index is 1.66. The maximum Gasteiger partial charge on any atom is 0.242 e. The van der Waals surface area contributed by atoms with Crippen molar-refractivity contribution in [2.75, 3.05) is 23.0 Å². The van der Waals surface area contributed by atoms with Gasteiger partial charge >= 0.3 is 0 Å². The predicted octanol–water partition coefficient (Wildman–Crippen LogP) is 3.81. The normalized spacial score (nSPS) is 14.1. The lowest BCUT2D eigenvalue weighted by Crippen LogP contribution is -2.40. The molecular formula is C20H21ClFNO3S. The van der Waals surface area contributed by atoms with Gasteiger partial charge in [0, 0.05) is 11.6 Å². The summed E-state index contributed by atoms with van der Waals surface area (Å²) in [5.41, 5.74) is 1.75. The predicted molar refractivity (Wildman–Crippen MR) is 106 cm³/mol. The highest BCUT2D eigenvalue weighted by Gasteiger charge is 2.29. The summed E-state index contributed by atoms with van der Waals surface area (Å²) in [6.45, 7) is 0.294. The average molecular weight is 410 g/mol. The van der Waals surface area contributed by atoms with Crippen LogP contribution in [0, 0.1) is 5.82 Å². The van der Waals surface area contributed by atoms with Gasteiger partial charge in [0.15, 0.2) is 9.84 Å². The van der Waals surface area contributed by atoms with E-state index in [1.807, 2.05) is 30.3 Å². The van der Waals surface area contributed by atoms with E-state index in [0.717, 1.165) is 5.56 Å². The molecule has 0 aromatic heterocycles. The van der Waals surface area contributed by atoms with Crippen LogP contribution in [0.4, 0.5) is 10.1 Å². The van der Waals surface area contributed by atoms with Gasteiger partial charge < -0.3 is 4.90 Å². The quantitative estimate of drug-likeness (QED) is 0.729.